The van der Waals surface area contributed by atoms with E-state index in [9.17, 15) is 14.7 Å². The topological polar surface area (TPSA) is 72.8 Å². The third-order valence-electron chi connectivity index (χ3n) is 4.94. The molecule has 1 N–H and O–H groups in total. The third-order valence-corrected chi connectivity index (χ3v) is 4.94. The summed E-state index contributed by atoms with van der Waals surface area (Å²) in [6, 6.07) is 3.12. The van der Waals surface area contributed by atoms with Gasteiger partial charge < -0.3 is 14.6 Å². The minimum atomic E-state index is -0.543. The van der Waals surface area contributed by atoms with E-state index < -0.39 is 5.97 Å². The summed E-state index contributed by atoms with van der Waals surface area (Å²) in [6.07, 6.45) is 11.4. The Morgan fingerprint density at radius 1 is 1.15 bits per heavy atom. The van der Waals surface area contributed by atoms with Crippen molar-refractivity contribution >= 4 is 17.8 Å². The number of benzene rings is 1. The van der Waals surface area contributed by atoms with Gasteiger partial charge in [-0.2, -0.15) is 0 Å². The Bertz CT molecular complexity index is 747. The van der Waals surface area contributed by atoms with E-state index in [0.717, 1.165) is 25.7 Å². The van der Waals surface area contributed by atoms with Crippen LogP contribution in [0, 0.1) is 5.92 Å². The molecule has 0 bridgehead atoms. The first-order chi connectivity index (χ1) is 12.6. The fraction of sp³-hybridized carbons (Fsp3) is 0.429. The molecule has 3 rings (SSSR count). The number of ether oxygens (including phenoxy) is 2. The molecule has 1 aromatic carbocycles. The van der Waals surface area contributed by atoms with Crippen LogP contribution in [0.4, 0.5) is 0 Å². The van der Waals surface area contributed by atoms with E-state index in [1.165, 1.54) is 13.2 Å². The maximum Gasteiger partial charge on any atom is 0.342 e. The summed E-state index contributed by atoms with van der Waals surface area (Å²) in [6.45, 7) is 0. The second-order valence-corrected chi connectivity index (χ2v) is 6.77. The highest BCUT2D eigenvalue weighted by molar-refractivity contribution is 5.97. The molecule has 138 valence electrons. The lowest BCUT2D eigenvalue weighted by molar-refractivity contribution is -0.114. The number of fused-ring (bicyclic) bond motifs is 2. The number of rotatable bonds is 1. The lowest BCUT2D eigenvalue weighted by atomic mass is 10.0. The molecule has 5 heteroatoms. The van der Waals surface area contributed by atoms with Crippen LogP contribution < -0.4 is 4.74 Å². The molecule has 2 unspecified atom stereocenters. The highest BCUT2D eigenvalue weighted by atomic mass is 16.5. The molecule has 0 amide bonds. The number of ketones is 1. The first-order valence-corrected chi connectivity index (χ1v) is 9.08. The van der Waals surface area contributed by atoms with Crippen molar-refractivity contribution in [3.8, 4) is 11.5 Å². The van der Waals surface area contributed by atoms with Crippen molar-refractivity contribution in [2.24, 2.45) is 5.92 Å². The number of phenols is 1. The molecule has 0 aromatic heterocycles. The molecule has 1 heterocycles. The van der Waals surface area contributed by atoms with E-state index in [4.69, 9.17) is 9.47 Å². The largest absolute Gasteiger partial charge is 0.507 e. The number of hydrogen-bond donors (Lipinski definition) is 1. The van der Waals surface area contributed by atoms with Gasteiger partial charge in [-0.1, -0.05) is 18.2 Å². The Hall–Kier alpha value is -2.56. The van der Waals surface area contributed by atoms with Gasteiger partial charge in [0.15, 0.2) is 5.78 Å². The molecule has 0 spiro atoms. The van der Waals surface area contributed by atoms with E-state index >= 15 is 0 Å². The predicted octanol–water partition coefficient (Wildman–Crippen LogP) is 4.05. The molecule has 2 atom stereocenters. The Balaban J connectivity index is 1.97. The van der Waals surface area contributed by atoms with Crippen molar-refractivity contribution in [2.75, 3.05) is 7.11 Å². The smallest absolute Gasteiger partial charge is 0.342 e. The molecular formula is C21H24O5. The molecule has 1 fully saturated rings. The SMILES string of the molecule is COc1cc(O)c2c(c1)/C=C/CCCC(=O)/C=C\C1CCCC1OC2=O. The van der Waals surface area contributed by atoms with Crippen LogP contribution in [0.5, 0.6) is 11.5 Å². The van der Waals surface area contributed by atoms with Gasteiger partial charge in [-0.05, 0) is 49.8 Å². The van der Waals surface area contributed by atoms with Gasteiger partial charge in [-0.25, -0.2) is 4.79 Å². The van der Waals surface area contributed by atoms with Crippen LogP contribution >= 0.6 is 0 Å². The van der Waals surface area contributed by atoms with Crippen molar-refractivity contribution < 1.29 is 24.2 Å². The molecule has 1 aromatic rings. The van der Waals surface area contributed by atoms with Crippen molar-refractivity contribution in [1.82, 2.24) is 0 Å². The monoisotopic (exact) mass is 356 g/mol. The zero-order valence-electron chi connectivity index (χ0n) is 14.9. The summed E-state index contributed by atoms with van der Waals surface area (Å²) >= 11 is 0. The fourth-order valence-corrected chi connectivity index (χ4v) is 3.53. The van der Waals surface area contributed by atoms with Crippen LogP contribution in [-0.4, -0.2) is 30.1 Å². The number of phenolic OH excluding ortho intramolecular Hbond substituents is 1. The molecule has 5 nitrogen and oxygen atoms in total. The highest BCUT2D eigenvalue weighted by Crippen LogP contribution is 2.34. The van der Waals surface area contributed by atoms with Crippen LogP contribution in [0.2, 0.25) is 0 Å². The Morgan fingerprint density at radius 3 is 2.81 bits per heavy atom. The molecule has 1 saturated carbocycles. The van der Waals surface area contributed by atoms with Gasteiger partial charge in [-0.3, -0.25) is 4.79 Å². The van der Waals surface area contributed by atoms with Crippen molar-refractivity contribution in [1.29, 1.82) is 0 Å². The zero-order valence-corrected chi connectivity index (χ0v) is 14.9. The maximum absolute atomic E-state index is 12.8. The number of carbonyl (C=O) groups excluding carboxylic acids is 2. The van der Waals surface area contributed by atoms with Gasteiger partial charge in [-0.15, -0.1) is 0 Å². The Labute approximate surface area is 153 Å². The lowest BCUT2D eigenvalue weighted by Crippen LogP contribution is -2.22. The standard InChI is InChI=1S/C21H24O5/c1-25-17-12-15-6-3-2-4-8-16(22)11-10-14-7-5-9-19(14)26-21(24)20(15)18(23)13-17/h3,6,10-14,19,23H,2,4-5,7-9H2,1H3/b6-3+,11-10-. The summed E-state index contributed by atoms with van der Waals surface area (Å²) < 4.78 is 10.9. The van der Waals surface area contributed by atoms with Crippen molar-refractivity contribution in [3.63, 3.8) is 0 Å². The lowest BCUT2D eigenvalue weighted by Gasteiger charge is -2.19. The van der Waals surface area contributed by atoms with Gasteiger partial charge in [0, 0.05) is 18.4 Å². The normalized spacial score (nSPS) is 26.2. The number of allylic oxidation sites excluding steroid dienone is 2. The van der Waals surface area contributed by atoms with Crippen LogP contribution in [0.3, 0.4) is 0 Å². The fourth-order valence-electron chi connectivity index (χ4n) is 3.53. The summed E-state index contributed by atoms with van der Waals surface area (Å²) in [5, 5.41) is 10.3. The van der Waals surface area contributed by atoms with E-state index in [-0.39, 0.29) is 29.1 Å². The second kappa shape index (κ2) is 8.21. The van der Waals surface area contributed by atoms with E-state index in [0.29, 0.717) is 24.2 Å². The van der Waals surface area contributed by atoms with Crippen molar-refractivity contribution in [3.05, 3.63) is 41.5 Å². The number of aromatic hydroxyl groups is 1. The van der Waals surface area contributed by atoms with Crippen LogP contribution in [0.25, 0.3) is 6.08 Å². The minimum absolute atomic E-state index is 0.0465. The first kappa shape index (κ1) is 18.2. The molecule has 1 aliphatic carbocycles. The van der Waals surface area contributed by atoms with Gasteiger partial charge in [0.1, 0.15) is 23.2 Å². The predicted molar refractivity (Wildman–Crippen MR) is 98.2 cm³/mol. The van der Waals surface area contributed by atoms with Gasteiger partial charge >= 0.3 is 5.97 Å². The summed E-state index contributed by atoms with van der Waals surface area (Å²) in [5.74, 6) is -0.0751. The molecule has 26 heavy (non-hydrogen) atoms. The summed E-state index contributed by atoms with van der Waals surface area (Å²) in [4.78, 5) is 24.7. The highest BCUT2D eigenvalue weighted by Gasteiger charge is 2.30. The van der Waals surface area contributed by atoms with Crippen molar-refractivity contribution in [2.45, 2.75) is 44.6 Å². The second-order valence-electron chi connectivity index (χ2n) is 6.77. The van der Waals surface area contributed by atoms with Crippen LogP contribution in [0.1, 0.15) is 54.4 Å². The molecule has 0 saturated heterocycles. The van der Waals surface area contributed by atoms with E-state index in [2.05, 4.69) is 0 Å². The minimum Gasteiger partial charge on any atom is -0.507 e. The van der Waals surface area contributed by atoms with Gasteiger partial charge in [0.25, 0.3) is 0 Å². The summed E-state index contributed by atoms with van der Waals surface area (Å²) in [5.41, 5.74) is 0.713. The Morgan fingerprint density at radius 2 is 2.00 bits per heavy atom. The Kier molecular flexibility index (Phi) is 5.76. The molecule has 0 radical (unpaired) electrons. The van der Waals surface area contributed by atoms with Gasteiger partial charge in [0.05, 0.1) is 7.11 Å². The number of methoxy groups -OCH3 is 1. The molecule has 1 aliphatic heterocycles. The molecule has 2 aliphatic rings. The zero-order chi connectivity index (χ0) is 18.5. The number of esters is 1. The number of carbonyl (C=O) groups is 2. The van der Waals surface area contributed by atoms with E-state index in [1.54, 1.807) is 18.2 Å². The van der Waals surface area contributed by atoms with Crippen LogP contribution in [-0.2, 0) is 9.53 Å². The average molecular weight is 356 g/mol. The maximum atomic E-state index is 12.8. The van der Waals surface area contributed by atoms with Crippen LogP contribution in [0.15, 0.2) is 30.4 Å². The number of hydrogen-bond acceptors (Lipinski definition) is 5. The van der Waals surface area contributed by atoms with Gasteiger partial charge in [0.2, 0.25) is 0 Å². The molecular weight excluding hydrogens is 332 g/mol. The van der Waals surface area contributed by atoms with E-state index in [1.807, 2.05) is 12.2 Å². The first-order valence-electron chi connectivity index (χ1n) is 9.08. The quantitative estimate of drug-likeness (QED) is 0.769. The third kappa shape index (κ3) is 4.15. The average Bonchev–Trinajstić information content (AvgIpc) is 3.05. The summed E-state index contributed by atoms with van der Waals surface area (Å²) in [7, 11) is 1.51.